The summed E-state index contributed by atoms with van der Waals surface area (Å²) in [7, 11) is -2.60. The van der Waals surface area contributed by atoms with Crippen molar-refractivity contribution in [3.05, 3.63) is 79.9 Å². The molecule has 0 N–H and O–H groups in total. The minimum atomic E-state index is -2.60. The van der Waals surface area contributed by atoms with Crippen molar-refractivity contribution in [2.75, 3.05) is 0 Å². The molecule has 9 nitrogen and oxygen atoms in total. The van der Waals surface area contributed by atoms with Crippen LogP contribution in [0.4, 0.5) is 11.4 Å². The molecule has 0 saturated carbocycles. The van der Waals surface area contributed by atoms with Crippen LogP contribution in [-0.4, -0.2) is 9.85 Å². The number of nitro groups is 2. The molecule has 2 aromatic rings. The highest BCUT2D eigenvalue weighted by molar-refractivity contribution is 7.33. The van der Waals surface area contributed by atoms with Gasteiger partial charge in [0.1, 0.15) is 11.2 Å². The molecule has 2 rings (SSSR count). The zero-order chi connectivity index (χ0) is 26.8. The fraction of sp³-hybridized carbons (Fsp3) is 0.538. The minimum Gasteiger partial charge on any atom is -0.258 e. The lowest BCUT2D eigenvalue weighted by atomic mass is 9.90. The van der Waals surface area contributed by atoms with Crippen molar-refractivity contribution in [2.24, 2.45) is 0 Å². The first-order valence-corrected chi connectivity index (χ1v) is 13.5. The zero-order valence-electron chi connectivity index (χ0n) is 21.5. The molecule has 0 aliphatic carbocycles. The predicted molar refractivity (Wildman–Crippen MR) is 139 cm³/mol. The highest BCUT2D eigenvalue weighted by Gasteiger charge is 2.45. The first kappa shape index (κ1) is 29.5. The van der Waals surface area contributed by atoms with E-state index in [1.54, 1.807) is 24.3 Å². The molecule has 0 spiro atoms. The normalized spacial score (nSPS) is 15.1. The first-order valence-electron chi connectivity index (χ1n) is 12.4. The largest absolute Gasteiger partial charge is 0.699 e. The maximum absolute atomic E-state index is 13.3. The third-order valence-corrected chi connectivity index (χ3v) is 7.55. The first-order chi connectivity index (χ1) is 17.0. The molecule has 2 atom stereocenters. The van der Waals surface area contributed by atoms with E-state index in [1.165, 1.54) is 24.3 Å². The van der Waals surface area contributed by atoms with E-state index in [-0.39, 0.29) is 11.4 Å². The number of nitro benzene ring substituents is 2. The van der Waals surface area contributed by atoms with E-state index in [4.69, 9.17) is 9.05 Å². The molecule has 10 heteroatoms. The van der Waals surface area contributed by atoms with E-state index in [1.807, 2.05) is 13.8 Å². The predicted octanol–water partition coefficient (Wildman–Crippen LogP) is 8.48. The maximum Gasteiger partial charge on any atom is 0.699 e. The van der Waals surface area contributed by atoms with E-state index >= 15 is 0 Å². The van der Waals surface area contributed by atoms with Crippen molar-refractivity contribution >= 4 is 19.6 Å². The second-order valence-electron chi connectivity index (χ2n) is 9.39. The summed E-state index contributed by atoms with van der Waals surface area (Å²) in [5, 5.41) is 22.2. The minimum absolute atomic E-state index is 0.0306. The van der Waals surface area contributed by atoms with Gasteiger partial charge in [0.05, 0.1) is 9.85 Å². The fourth-order valence-corrected chi connectivity index (χ4v) is 5.22. The number of hydrogen-bond donors (Lipinski definition) is 0. The van der Waals surface area contributed by atoms with Gasteiger partial charge in [0.15, 0.2) is 0 Å². The Labute approximate surface area is 213 Å². The number of non-ortho nitro benzene ring substituents is 2. The number of benzene rings is 2. The van der Waals surface area contributed by atoms with Gasteiger partial charge in [0.25, 0.3) is 11.4 Å². The lowest BCUT2D eigenvalue weighted by Crippen LogP contribution is -2.27. The van der Waals surface area contributed by atoms with Crippen molar-refractivity contribution in [2.45, 2.75) is 90.3 Å². The van der Waals surface area contributed by atoms with Crippen LogP contribution in [0.1, 0.15) is 90.2 Å². The molecule has 2 unspecified atom stereocenters. The lowest BCUT2D eigenvalue weighted by molar-refractivity contribution is -0.385. The number of unbranched alkanes of at least 4 members (excludes halogenated alkanes) is 4. The summed E-state index contributed by atoms with van der Waals surface area (Å²) in [5.41, 5.74) is -0.651. The van der Waals surface area contributed by atoms with Crippen LogP contribution < -0.4 is 0 Å². The second kappa shape index (κ2) is 13.5. The zero-order valence-corrected chi connectivity index (χ0v) is 22.4. The fourth-order valence-electron chi connectivity index (χ4n) is 4.13. The highest BCUT2D eigenvalue weighted by Crippen LogP contribution is 2.47. The standard InChI is InChI=1S/C26H36N2O7P/c1-5-7-9-19-25(3,21-11-15-23(16-12-21)27(29)30)34-36(33)35-26(4,20-10-8-6-2)22-13-17-24(18-14-22)28(31)32/h11-18H,5-10,19-20H2,1-4H3/q+1. The summed E-state index contributed by atoms with van der Waals surface area (Å²) in [5.74, 6) is 0. The van der Waals surface area contributed by atoms with Crippen molar-refractivity contribution < 1.29 is 23.5 Å². The van der Waals surface area contributed by atoms with Gasteiger partial charge in [-0.25, -0.2) is 0 Å². The van der Waals surface area contributed by atoms with Crippen LogP contribution in [0.5, 0.6) is 0 Å². The summed E-state index contributed by atoms with van der Waals surface area (Å²) < 4.78 is 25.5. The van der Waals surface area contributed by atoms with Crippen LogP contribution in [0.25, 0.3) is 0 Å². The van der Waals surface area contributed by atoms with Crippen LogP contribution in [-0.2, 0) is 24.8 Å². The van der Waals surface area contributed by atoms with E-state index < -0.39 is 29.3 Å². The molecule has 0 aliphatic rings. The average Bonchev–Trinajstić information content (AvgIpc) is 2.84. The van der Waals surface area contributed by atoms with Gasteiger partial charge < -0.3 is 0 Å². The van der Waals surface area contributed by atoms with E-state index in [9.17, 15) is 24.8 Å². The van der Waals surface area contributed by atoms with Crippen LogP contribution in [0, 0.1) is 20.2 Å². The Kier molecular flexibility index (Phi) is 11.1. The Morgan fingerprint density at radius 1 is 0.694 bits per heavy atom. The van der Waals surface area contributed by atoms with Gasteiger partial charge in [0, 0.05) is 28.8 Å². The van der Waals surface area contributed by atoms with Gasteiger partial charge in [-0.15, -0.1) is 9.05 Å². The molecule has 0 bridgehead atoms. The summed E-state index contributed by atoms with van der Waals surface area (Å²) in [6.07, 6.45) is 6.68. The topological polar surface area (TPSA) is 122 Å². The van der Waals surface area contributed by atoms with Crippen LogP contribution in [0.15, 0.2) is 48.5 Å². The third-order valence-electron chi connectivity index (χ3n) is 6.44. The molecule has 0 fully saturated rings. The molecule has 0 heterocycles. The van der Waals surface area contributed by atoms with Gasteiger partial charge in [-0.2, -0.15) is 0 Å². The second-order valence-corrected chi connectivity index (χ2v) is 10.2. The Morgan fingerprint density at radius 3 is 1.31 bits per heavy atom. The number of nitrogens with zero attached hydrogens (tertiary/aromatic N) is 2. The van der Waals surface area contributed by atoms with E-state index in [0.29, 0.717) is 24.0 Å². The molecule has 196 valence electrons. The Bertz CT molecular complexity index is 948. The smallest absolute Gasteiger partial charge is 0.258 e. The SMILES string of the molecule is CCCCCC(C)(O[P+](=O)OC(C)(CCCCC)c1ccc([N+](=O)[O-])cc1)c1ccc([N+](=O)[O-])cc1. The van der Waals surface area contributed by atoms with E-state index in [0.717, 1.165) is 38.5 Å². The summed E-state index contributed by atoms with van der Waals surface area (Å²) in [6.45, 7) is 7.81. The van der Waals surface area contributed by atoms with Gasteiger partial charge >= 0.3 is 8.25 Å². The van der Waals surface area contributed by atoms with E-state index in [2.05, 4.69) is 13.8 Å². The average molecular weight is 520 g/mol. The lowest BCUT2D eigenvalue weighted by Gasteiger charge is -2.27. The van der Waals surface area contributed by atoms with Gasteiger partial charge in [-0.05, 0) is 62.1 Å². The molecule has 0 aliphatic heterocycles. The third kappa shape index (κ3) is 8.15. The highest BCUT2D eigenvalue weighted by atomic mass is 31.1. The van der Waals surface area contributed by atoms with Crippen molar-refractivity contribution in [1.29, 1.82) is 0 Å². The van der Waals surface area contributed by atoms with Gasteiger partial charge in [0.2, 0.25) is 0 Å². The monoisotopic (exact) mass is 519 g/mol. The number of hydrogen-bond acceptors (Lipinski definition) is 7. The summed E-state index contributed by atoms with van der Waals surface area (Å²) >= 11 is 0. The molecule has 0 aromatic heterocycles. The Morgan fingerprint density at radius 2 is 1.03 bits per heavy atom. The van der Waals surface area contributed by atoms with Gasteiger partial charge in [-0.3, -0.25) is 20.2 Å². The van der Waals surface area contributed by atoms with Crippen molar-refractivity contribution in [3.8, 4) is 0 Å². The molecule has 0 radical (unpaired) electrons. The van der Waals surface area contributed by atoms with Crippen LogP contribution in [0.2, 0.25) is 0 Å². The molecular weight excluding hydrogens is 483 g/mol. The number of rotatable bonds is 16. The summed E-state index contributed by atoms with van der Waals surface area (Å²) in [4.78, 5) is 21.2. The van der Waals surface area contributed by atoms with Crippen molar-refractivity contribution in [1.82, 2.24) is 0 Å². The van der Waals surface area contributed by atoms with Crippen LogP contribution in [0.3, 0.4) is 0 Å². The van der Waals surface area contributed by atoms with Crippen molar-refractivity contribution in [3.63, 3.8) is 0 Å². The molecule has 2 aromatic carbocycles. The molecule has 0 amide bonds. The Balaban J connectivity index is 2.31. The Hall–Kier alpha value is -2.74. The molecule has 36 heavy (non-hydrogen) atoms. The quantitative estimate of drug-likeness (QED) is 0.0943. The van der Waals surface area contributed by atoms with Crippen LogP contribution >= 0.6 is 8.25 Å². The van der Waals surface area contributed by atoms with Gasteiger partial charge in [-0.1, -0.05) is 52.4 Å². The molecular formula is C26H36N2O7P+. The maximum atomic E-state index is 13.3. The summed E-state index contributed by atoms with van der Waals surface area (Å²) in [6, 6.07) is 12.2. The molecule has 0 saturated heterocycles.